The van der Waals surface area contributed by atoms with Crippen LogP contribution < -0.4 is 4.74 Å². The Morgan fingerprint density at radius 3 is 2.50 bits per heavy atom. The lowest BCUT2D eigenvalue weighted by Gasteiger charge is -2.13. The molecule has 3 aromatic rings. The van der Waals surface area contributed by atoms with Gasteiger partial charge in [-0.1, -0.05) is 41.9 Å². The van der Waals surface area contributed by atoms with Gasteiger partial charge in [-0.05, 0) is 47.2 Å². The predicted octanol–water partition coefficient (Wildman–Crippen LogP) is 5.67. The van der Waals surface area contributed by atoms with Gasteiger partial charge in [0, 0.05) is 17.2 Å². The van der Waals surface area contributed by atoms with Gasteiger partial charge in [-0.15, -0.1) is 0 Å². The molecule has 10 heteroatoms. The fourth-order valence-electron chi connectivity index (χ4n) is 2.88. The highest BCUT2D eigenvalue weighted by Gasteiger charge is 2.35. The maximum Gasteiger partial charge on any atom is 0.293 e. The number of rotatable bonds is 6. The number of hydrogen-bond acceptors (Lipinski definition) is 7. The number of pyridine rings is 1. The van der Waals surface area contributed by atoms with Crippen molar-refractivity contribution in [1.29, 1.82) is 0 Å². The summed E-state index contributed by atoms with van der Waals surface area (Å²) in [5.74, 6) is 0.301. The van der Waals surface area contributed by atoms with E-state index in [-0.39, 0.29) is 29.3 Å². The number of amides is 2. The van der Waals surface area contributed by atoms with E-state index >= 15 is 0 Å². The molecule has 32 heavy (non-hydrogen) atoms. The third kappa shape index (κ3) is 4.79. The molecular weight excluding hydrogens is 454 g/mol. The first-order chi connectivity index (χ1) is 15.4. The highest BCUT2D eigenvalue weighted by Crippen LogP contribution is 2.34. The molecule has 1 saturated heterocycles. The van der Waals surface area contributed by atoms with E-state index in [9.17, 15) is 19.7 Å². The molecular formula is C22H14ClN3O5S. The van der Waals surface area contributed by atoms with Gasteiger partial charge in [-0.3, -0.25) is 24.6 Å². The highest BCUT2D eigenvalue weighted by molar-refractivity contribution is 8.18. The fraction of sp³-hybridized carbons (Fsp3) is 0.0455. The molecule has 1 aliphatic heterocycles. The molecule has 0 radical (unpaired) electrons. The zero-order valence-corrected chi connectivity index (χ0v) is 17.9. The monoisotopic (exact) mass is 467 g/mol. The van der Waals surface area contributed by atoms with Crippen LogP contribution in [0.4, 0.5) is 10.5 Å². The number of ether oxygens (including phenoxy) is 1. The number of aromatic nitrogens is 1. The lowest BCUT2D eigenvalue weighted by atomic mass is 10.2. The molecule has 1 aromatic heterocycles. The Morgan fingerprint density at radius 1 is 1.09 bits per heavy atom. The van der Waals surface area contributed by atoms with Gasteiger partial charge in [0.1, 0.15) is 11.9 Å². The summed E-state index contributed by atoms with van der Waals surface area (Å²) in [5, 5.41) is 10.8. The first-order valence-electron chi connectivity index (χ1n) is 9.28. The summed E-state index contributed by atoms with van der Waals surface area (Å²) in [6.07, 6.45) is 2.74. The van der Waals surface area contributed by atoms with Crippen LogP contribution in [0.25, 0.3) is 6.08 Å². The number of imide groups is 1. The van der Waals surface area contributed by atoms with Crippen molar-refractivity contribution in [2.45, 2.75) is 6.54 Å². The Bertz CT molecular complexity index is 1230. The summed E-state index contributed by atoms with van der Waals surface area (Å²) in [5.41, 5.74) is 1.27. The molecule has 0 N–H and O–H groups in total. The smallest absolute Gasteiger partial charge is 0.293 e. The summed E-state index contributed by atoms with van der Waals surface area (Å²) in [7, 11) is 0. The average Bonchev–Trinajstić information content (AvgIpc) is 3.04. The summed E-state index contributed by atoms with van der Waals surface area (Å²) in [4.78, 5) is 40.6. The summed E-state index contributed by atoms with van der Waals surface area (Å²) < 4.78 is 5.57. The topological polar surface area (TPSA) is 103 Å². The van der Waals surface area contributed by atoms with Crippen LogP contribution in [0, 0.1) is 10.1 Å². The van der Waals surface area contributed by atoms with Crippen LogP contribution >= 0.6 is 23.4 Å². The number of halogens is 1. The normalized spacial score (nSPS) is 14.8. The SMILES string of the molecule is O=C1S/C(=C\c2ccc(Oc3ccc([N+](=O)[O-])cn3)cc2)C(=O)N1Cc1ccccc1Cl. The molecule has 0 saturated carbocycles. The Kier molecular flexibility index (Phi) is 6.20. The quantitative estimate of drug-likeness (QED) is 0.261. The van der Waals surface area contributed by atoms with Gasteiger partial charge in [0.2, 0.25) is 5.88 Å². The van der Waals surface area contributed by atoms with Gasteiger partial charge < -0.3 is 4.74 Å². The molecule has 2 amide bonds. The summed E-state index contributed by atoms with van der Waals surface area (Å²) >= 11 is 7.01. The van der Waals surface area contributed by atoms with Gasteiger partial charge in [-0.2, -0.15) is 0 Å². The van der Waals surface area contributed by atoms with Crippen LogP contribution in [-0.4, -0.2) is 26.0 Å². The van der Waals surface area contributed by atoms with E-state index in [1.807, 2.05) is 0 Å². The van der Waals surface area contributed by atoms with E-state index in [4.69, 9.17) is 16.3 Å². The Hall–Kier alpha value is -3.69. The second kappa shape index (κ2) is 9.21. The van der Waals surface area contributed by atoms with Gasteiger partial charge in [-0.25, -0.2) is 4.98 Å². The highest BCUT2D eigenvalue weighted by atomic mass is 35.5. The molecule has 2 aromatic carbocycles. The number of carbonyl (C=O) groups excluding carboxylic acids is 2. The minimum Gasteiger partial charge on any atom is -0.439 e. The maximum atomic E-state index is 12.7. The van der Waals surface area contributed by atoms with Crippen LogP contribution in [0.5, 0.6) is 11.6 Å². The van der Waals surface area contributed by atoms with Gasteiger partial charge in [0.05, 0.1) is 16.4 Å². The molecule has 0 spiro atoms. The lowest BCUT2D eigenvalue weighted by molar-refractivity contribution is -0.385. The molecule has 2 heterocycles. The zero-order valence-electron chi connectivity index (χ0n) is 16.3. The molecule has 1 fully saturated rings. The molecule has 0 aliphatic carbocycles. The first-order valence-corrected chi connectivity index (χ1v) is 10.5. The van der Waals surface area contributed by atoms with Crippen molar-refractivity contribution in [1.82, 2.24) is 9.88 Å². The number of benzene rings is 2. The first kappa shape index (κ1) is 21.5. The van der Waals surface area contributed by atoms with E-state index in [0.717, 1.165) is 22.9 Å². The molecule has 0 unspecified atom stereocenters. The van der Waals surface area contributed by atoms with Crippen LogP contribution in [0.15, 0.2) is 71.8 Å². The van der Waals surface area contributed by atoms with Crippen molar-refractivity contribution in [3.63, 3.8) is 0 Å². The zero-order chi connectivity index (χ0) is 22.7. The van der Waals surface area contributed by atoms with Gasteiger partial charge in [0.15, 0.2) is 0 Å². The molecule has 4 rings (SSSR count). The average molecular weight is 468 g/mol. The van der Waals surface area contributed by atoms with E-state index < -0.39 is 4.92 Å². The minimum absolute atomic E-state index is 0.108. The molecule has 0 bridgehead atoms. The third-order valence-electron chi connectivity index (χ3n) is 4.49. The number of nitro groups is 1. The molecule has 8 nitrogen and oxygen atoms in total. The molecule has 0 atom stereocenters. The van der Waals surface area contributed by atoms with E-state index in [2.05, 4.69) is 4.98 Å². The van der Waals surface area contributed by atoms with Crippen LogP contribution in [0.3, 0.4) is 0 Å². The van der Waals surface area contributed by atoms with Crippen molar-refractivity contribution in [3.8, 4) is 11.6 Å². The molecule has 160 valence electrons. The van der Waals surface area contributed by atoms with Crippen LogP contribution in [-0.2, 0) is 11.3 Å². The number of carbonyl (C=O) groups is 2. The van der Waals surface area contributed by atoms with Crippen molar-refractivity contribution in [2.75, 3.05) is 0 Å². The second-order valence-electron chi connectivity index (χ2n) is 6.64. The fourth-order valence-corrected chi connectivity index (χ4v) is 3.91. The predicted molar refractivity (Wildman–Crippen MR) is 120 cm³/mol. The maximum absolute atomic E-state index is 12.7. The van der Waals surface area contributed by atoms with Crippen LogP contribution in [0.2, 0.25) is 5.02 Å². The number of nitrogens with zero attached hydrogens (tertiary/aromatic N) is 3. The van der Waals surface area contributed by atoms with Crippen molar-refractivity contribution < 1.29 is 19.2 Å². The van der Waals surface area contributed by atoms with Crippen LogP contribution in [0.1, 0.15) is 11.1 Å². The van der Waals surface area contributed by atoms with Crippen molar-refractivity contribution in [3.05, 3.63) is 98.0 Å². The van der Waals surface area contributed by atoms with Crippen molar-refractivity contribution in [2.24, 2.45) is 0 Å². The summed E-state index contributed by atoms with van der Waals surface area (Å²) in [6.45, 7) is 0.108. The Morgan fingerprint density at radius 2 is 1.84 bits per heavy atom. The van der Waals surface area contributed by atoms with Gasteiger partial charge in [0.25, 0.3) is 16.8 Å². The largest absolute Gasteiger partial charge is 0.439 e. The number of thioether (sulfide) groups is 1. The standard InChI is InChI=1S/C22H14ClN3O5S/c23-18-4-2-1-3-15(18)13-25-21(27)19(32-22(25)28)11-14-5-8-17(9-6-14)31-20-10-7-16(12-24-20)26(29)30/h1-12H,13H2/b19-11-. The molecule has 1 aliphatic rings. The minimum atomic E-state index is -0.540. The summed E-state index contributed by atoms with van der Waals surface area (Å²) in [6, 6.07) is 16.6. The van der Waals surface area contributed by atoms with Gasteiger partial charge >= 0.3 is 0 Å². The van der Waals surface area contributed by atoms with Crippen molar-refractivity contribution >= 4 is 46.3 Å². The van der Waals surface area contributed by atoms with E-state index in [1.165, 1.54) is 12.1 Å². The number of hydrogen-bond donors (Lipinski definition) is 0. The third-order valence-corrected chi connectivity index (χ3v) is 5.77. The Balaban J connectivity index is 1.44. The van der Waals surface area contributed by atoms with E-state index in [0.29, 0.717) is 26.8 Å². The second-order valence-corrected chi connectivity index (χ2v) is 8.04. The lowest BCUT2D eigenvalue weighted by Crippen LogP contribution is -2.27. The van der Waals surface area contributed by atoms with E-state index in [1.54, 1.807) is 54.6 Å². The Labute approximate surface area is 191 Å².